The Hall–Kier alpha value is -2.32. The lowest BCUT2D eigenvalue weighted by Gasteiger charge is -2.08. The fraction of sp³-hybridized carbons (Fsp3) is 0.0625. The van der Waals surface area contributed by atoms with Gasteiger partial charge in [-0.3, -0.25) is 0 Å². The number of aromatic nitrogens is 2. The van der Waals surface area contributed by atoms with Crippen LogP contribution in [-0.4, -0.2) is 15.3 Å². The van der Waals surface area contributed by atoms with Crippen LogP contribution < -0.4 is 10.6 Å². The highest BCUT2D eigenvalue weighted by atomic mass is 79.9. The molecule has 0 fully saturated rings. The van der Waals surface area contributed by atoms with Crippen molar-refractivity contribution in [2.24, 2.45) is 0 Å². The first kappa shape index (κ1) is 16.5. The second-order valence-corrected chi connectivity index (χ2v) is 6.16. The van der Waals surface area contributed by atoms with Crippen LogP contribution in [0.4, 0.5) is 10.1 Å². The van der Waals surface area contributed by atoms with Gasteiger partial charge in [0.15, 0.2) is 5.11 Å². The van der Waals surface area contributed by atoms with Gasteiger partial charge in [-0.25, -0.2) is 4.39 Å². The molecule has 0 spiro atoms. The van der Waals surface area contributed by atoms with Crippen LogP contribution in [0, 0.1) is 5.82 Å². The van der Waals surface area contributed by atoms with E-state index in [1.807, 2.05) is 24.3 Å². The molecule has 0 unspecified atom stereocenters. The van der Waals surface area contributed by atoms with Gasteiger partial charge >= 0.3 is 0 Å². The van der Waals surface area contributed by atoms with Gasteiger partial charge < -0.3 is 15.2 Å². The molecular weight excluding hydrogens is 395 g/mol. The summed E-state index contributed by atoms with van der Waals surface area (Å²) in [4.78, 5) is 4.31. The molecule has 0 saturated carbocycles. The Bertz CT molecular complexity index is 871. The smallest absolute Gasteiger partial charge is 0.246 e. The van der Waals surface area contributed by atoms with E-state index in [-0.39, 0.29) is 12.4 Å². The standard InChI is InChI=1S/C16H12BrFN4OS/c17-11-4-1-3-10(7-11)15-21-14(23-22-15)9-19-16(24)20-13-6-2-5-12(18)8-13/h1-8H,9H2,(H2,19,20,24). The highest BCUT2D eigenvalue weighted by Gasteiger charge is 2.09. The molecular formula is C16H12BrFN4OS. The van der Waals surface area contributed by atoms with Gasteiger partial charge in [0.25, 0.3) is 0 Å². The molecule has 8 heteroatoms. The molecule has 0 radical (unpaired) electrons. The van der Waals surface area contributed by atoms with Crippen molar-refractivity contribution in [3.05, 3.63) is 64.7 Å². The van der Waals surface area contributed by atoms with E-state index in [2.05, 4.69) is 36.7 Å². The fourth-order valence-electron chi connectivity index (χ4n) is 1.97. The first-order valence-corrected chi connectivity index (χ1v) is 8.19. The van der Waals surface area contributed by atoms with Crippen LogP contribution in [0.1, 0.15) is 5.89 Å². The highest BCUT2D eigenvalue weighted by Crippen LogP contribution is 2.20. The maximum Gasteiger partial charge on any atom is 0.246 e. The van der Waals surface area contributed by atoms with E-state index in [9.17, 15) is 4.39 Å². The summed E-state index contributed by atoms with van der Waals surface area (Å²) in [5.74, 6) is 0.559. The summed E-state index contributed by atoms with van der Waals surface area (Å²) >= 11 is 8.56. The van der Waals surface area contributed by atoms with Crippen LogP contribution in [0.2, 0.25) is 0 Å². The SMILES string of the molecule is Fc1cccc(NC(=S)NCc2nc(-c3cccc(Br)c3)no2)c1. The topological polar surface area (TPSA) is 63.0 Å². The Morgan fingerprint density at radius 3 is 2.83 bits per heavy atom. The van der Waals surface area contributed by atoms with Crippen molar-refractivity contribution in [3.8, 4) is 11.4 Å². The lowest BCUT2D eigenvalue weighted by Crippen LogP contribution is -2.28. The van der Waals surface area contributed by atoms with Gasteiger partial charge in [-0.15, -0.1) is 0 Å². The zero-order chi connectivity index (χ0) is 16.9. The molecule has 0 aliphatic heterocycles. The molecule has 1 aromatic heterocycles. The quantitative estimate of drug-likeness (QED) is 0.635. The van der Waals surface area contributed by atoms with Crippen molar-refractivity contribution in [3.63, 3.8) is 0 Å². The number of nitrogens with zero attached hydrogens (tertiary/aromatic N) is 2. The average Bonchev–Trinajstić information content (AvgIpc) is 3.02. The predicted octanol–water partition coefficient (Wildman–Crippen LogP) is 4.12. The summed E-state index contributed by atoms with van der Waals surface area (Å²) in [6.45, 7) is 0.266. The number of hydrogen-bond acceptors (Lipinski definition) is 4. The van der Waals surface area contributed by atoms with Gasteiger partial charge in [0, 0.05) is 15.7 Å². The molecule has 0 atom stereocenters. The molecule has 0 bridgehead atoms. The summed E-state index contributed by atoms with van der Waals surface area (Å²) < 4.78 is 19.2. The van der Waals surface area contributed by atoms with Crippen LogP contribution in [0.3, 0.4) is 0 Å². The minimum atomic E-state index is -0.335. The number of rotatable bonds is 4. The Morgan fingerprint density at radius 1 is 1.21 bits per heavy atom. The number of anilines is 1. The maximum absolute atomic E-state index is 13.1. The van der Waals surface area contributed by atoms with Crippen LogP contribution in [0.15, 0.2) is 57.5 Å². The predicted molar refractivity (Wildman–Crippen MR) is 96.9 cm³/mol. The van der Waals surface area contributed by atoms with Crippen LogP contribution in [0.25, 0.3) is 11.4 Å². The number of hydrogen-bond donors (Lipinski definition) is 2. The summed E-state index contributed by atoms with van der Waals surface area (Å²) in [7, 11) is 0. The zero-order valence-electron chi connectivity index (χ0n) is 12.3. The van der Waals surface area contributed by atoms with E-state index in [0.717, 1.165) is 10.0 Å². The zero-order valence-corrected chi connectivity index (χ0v) is 14.7. The van der Waals surface area contributed by atoms with Crippen molar-refractivity contribution >= 4 is 38.9 Å². The van der Waals surface area contributed by atoms with Crippen LogP contribution >= 0.6 is 28.1 Å². The van der Waals surface area contributed by atoms with Gasteiger partial charge in [-0.05, 0) is 42.5 Å². The van der Waals surface area contributed by atoms with E-state index in [0.29, 0.717) is 22.5 Å². The van der Waals surface area contributed by atoms with Gasteiger partial charge in [0.1, 0.15) is 5.82 Å². The van der Waals surface area contributed by atoms with E-state index in [1.165, 1.54) is 12.1 Å². The van der Waals surface area contributed by atoms with Gasteiger partial charge in [0.2, 0.25) is 11.7 Å². The van der Waals surface area contributed by atoms with Crippen molar-refractivity contribution in [1.29, 1.82) is 0 Å². The third kappa shape index (κ3) is 4.36. The van der Waals surface area contributed by atoms with E-state index in [4.69, 9.17) is 16.7 Å². The largest absolute Gasteiger partial charge is 0.353 e. The first-order valence-electron chi connectivity index (χ1n) is 6.99. The minimum absolute atomic E-state index is 0.266. The normalized spacial score (nSPS) is 10.4. The molecule has 122 valence electrons. The molecule has 3 rings (SSSR count). The number of thiocarbonyl (C=S) groups is 1. The second-order valence-electron chi connectivity index (χ2n) is 4.84. The van der Waals surface area contributed by atoms with Crippen LogP contribution in [-0.2, 0) is 6.54 Å². The van der Waals surface area contributed by atoms with Crippen molar-refractivity contribution < 1.29 is 8.91 Å². The average molecular weight is 407 g/mol. The van der Waals surface area contributed by atoms with E-state index >= 15 is 0 Å². The first-order chi connectivity index (χ1) is 11.6. The van der Waals surface area contributed by atoms with Crippen LogP contribution in [0.5, 0.6) is 0 Å². The molecule has 0 aliphatic carbocycles. The molecule has 1 heterocycles. The fourth-order valence-corrected chi connectivity index (χ4v) is 2.56. The molecule has 0 amide bonds. The Kier molecular flexibility index (Phi) is 5.17. The van der Waals surface area contributed by atoms with E-state index in [1.54, 1.807) is 12.1 Å². The second kappa shape index (κ2) is 7.50. The Labute approximate surface area is 151 Å². The van der Waals surface area contributed by atoms with Gasteiger partial charge in [0.05, 0.1) is 6.54 Å². The van der Waals surface area contributed by atoms with Gasteiger partial charge in [-0.2, -0.15) is 4.98 Å². The molecule has 0 saturated heterocycles. The Morgan fingerprint density at radius 2 is 2.04 bits per heavy atom. The molecule has 3 aromatic rings. The van der Waals surface area contributed by atoms with Crippen molar-refractivity contribution in [2.45, 2.75) is 6.54 Å². The summed E-state index contributed by atoms with van der Waals surface area (Å²) in [6, 6.07) is 13.6. The van der Waals surface area contributed by atoms with Gasteiger partial charge in [-0.1, -0.05) is 39.3 Å². The third-order valence-electron chi connectivity index (χ3n) is 3.03. The lowest BCUT2D eigenvalue weighted by atomic mass is 10.2. The summed E-state index contributed by atoms with van der Waals surface area (Å²) in [6.07, 6.45) is 0. The Balaban J connectivity index is 1.58. The monoisotopic (exact) mass is 406 g/mol. The summed E-state index contributed by atoms with van der Waals surface area (Å²) in [5.41, 5.74) is 1.41. The lowest BCUT2D eigenvalue weighted by molar-refractivity contribution is 0.376. The number of nitrogens with one attached hydrogen (secondary N) is 2. The number of halogens is 2. The third-order valence-corrected chi connectivity index (χ3v) is 3.77. The minimum Gasteiger partial charge on any atom is -0.353 e. The number of benzene rings is 2. The highest BCUT2D eigenvalue weighted by molar-refractivity contribution is 9.10. The maximum atomic E-state index is 13.1. The molecule has 2 aromatic carbocycles. The van der Waals surface area contributed by atoms with Crippen molar-refractivity contribution in [2.75, 3.05) is 5.32 Å². The summed E-state index contributed by atoms with van der Waals surface area (Å²) in [5, 5.41) is 10.1. The molecule has 5 nitrogen and oxygen atoms in total. The molecule has 24 heavy (non-hydrogen) atoms. The van der Waals surface area contributed by atoms with Crippen molar-refractivity contribution in [1.82, 2.24) is 15.5 Å². The molecule has 2 N–H and O–H groups in total. The van der Waals surface area contributed by atoms with E-state index < -0.39 is 0 Å². The molecule has 0 aliphatic rings.